The summed E-state index contributed by atoms with van der Waals surface area (Å²) in [4.78, 5) is 17.3. The molecule has 0 aliphatic carbocycles. The predicted molar refractivity (Wildman–Crippen MR) is 60.9 cm³/mol. The van der Waals surface area contributed by atoms with Crippen molar-refractivity contribution in [1.82, 2.24) is 9.88 Å². The third-order valence-electron chi connectivity index (χ3n) is 2.50. The Kier molecular flexibility index (Phi) is 3.50. The van der Waals surface area contributed by atoms with E-state index >= 15 is 0 Å². The normalized spacial score (nSPS) is 16.6. The van der Waals surface area contributed by atoms with Gasteiger partial charge in [0, 0.05) is 13.5 Å². The van der Waals surface area contributed by atoms with Crippen molar-refractivity contribution < 1.29 is 9.18 Å². The van der Waals surface area contributed by atoms with Crippen LogP contribution < -0.4 is 5.32 Å². The first-order valence-electron chi connectivity index (χ1n) is 5.30. The van der Waals surface area contributed by atoms with Gasteiger partial charge in [-0.1, -0.05) is 11.3 Å². The zero-order valence-electron chi connectivity index (χ0n) is 9.12. The molecule has 0 bridgehead atoms. The lowest BCUT2D eigenvalue weighted by Crippen LogP contribution is -2.18. The molecule has 0 radical (unpaired) electrons. The lowest BCUT2D eigenvalue weighted by Gasteiger charge is -2.11. The second kappa shape index (κ2) is 4.88. The largest absolute Gasteiger partial charge is 0.302 e. The predicted octanol–water partition coefficient (Wildman–Crippen LogP) is 1.84. The Bertz CT molecular complexity index is 387. The first-order valence-corrected chi connectivity index (χ1v) is 6.12. The van der Waals surface area contributed by atoms with Crippen molar-refractivity contribution in [3.63, 3.8) is 0 Å². The molecule has 0 unspecified atom stereocenters. The average molecular weight is 243 g/mol. The maximum Gasteiger partial charge on any atom is 0.230 e. The zero-order chi connectivity index (χ0) is 11.5. The smallest absolute Gasteiger partial charge is 0.230 e. The number of hydrogen-bond donors (Lipinski definition) is 1. The van der Waals surface area contributed by atoms with Gasteiger partial charge >= 0.3 is 0 Å². The topological polar surface area (TPSA) is 45.2 Å². The van der Waals surface area contributed by atoms with Crippen LogP contribution in [-0.4, -0.2) is 28.9 Å². The van der Waals surface area contributed by atoms with Crippen molar-refractivity contribution >= 4 is 22.4 Å². The number of carbonyl (C=O) groups excluding carboxylic acids is 1. The van der Waals surface area contributed by atoms with Gasteiger partial charge in [0.25, 0.3) is 0 Å². The molecule has 1 aromatic rings. The van der Waals surface area contributed by atoms with Gasteiger partial charge in [-0.15, -0.1) is 0 Å². The van der Waals surface area contributed by atoms with Crippen LogP contribution in [-0.2, 0) is 11.3 Å². The number of thiazole rings is 1. The minimum Gasteiger partial charge on any atom is -0.302 e. The van der Waals surface area contributed by atoms with Crippen molar-refractivity contribution in [2.45, 2.75) is 26.3 Å². The molecule has 1 fully saturated rings. The molecule has 4 nitrogen and oxygen atoms in total. The summed E-state index contributed by atoms with van der Waals surface area (Å²) in [5.74, 6) is -0.679. The van der Waals surface area contributed by atoms with Gasteiger partial charge in [0.1, 0.15) is 0 Å². The molecule has 1 aromatic heterocycles. The molecule has 1 N–H and O–H groups in total. The molecule has 16 heavy (non-hydrogen) atoms. The van der Waals surface area contributed by atoms with Crippen LogP contribution in [0.15, 0.2) is 0 Å². The summed E-state index contributed by atoms with van der Waals surface area (Å²) in [6.45, 7) is 4.03. The Morgan fingerprint density at radius 2 is 2.25 bits per heavy atom. The van der Waals surface area contributed by atoms with Crippen molar-refractivity contribution in [1.29, 1.82) is 0 Å². The highest BCUT2D eigenvalue weighted by molar-refractivity contribution is 7.15. The molecular weight excluding hydrogens is 229 g/mol. The molecule has 1 aliphatic heterocycles. The number of hydrogen-bond acceptors (Lipinski definition) is 4. The maximum atomic E-state index is 13.4. The Balaban J connectivity index is 2.02. The highest BCUT2D eigenvalue weighted by atomic mass is 32.1. The van der Waals surface area contributed by atoms with Gasteiger partial charge in [-0.25, -0.2) is 0 Å². The van der Waals surface area contributed by atoms with Crippen LogP contribution in [0.25, 0.3) is 0 Å². The second-order valence-corrected chi connectivity index (χ2v) is 4.98. The van der Waals surface area contributed by atoms with Crippen LogP contribution in [0.4, 0.5) is 9.52 Å². The summed E-state index contributed by atoms with van der Waals surface area (Å²) >= 11 is 1.21. The van der Waals surface area contributed by atoms with E-state index in [2.05, 4.69) is 15.2 Å². The van der Waals surface area contributed by atoms with Crippen LogP contribution >= 0.6 is 11.3 Å². The summed E-state index contributed by atoms with van der Waals surface area (Å²) in [5.41, 5.74) is 0. The van der Waals surface area contributed by atoms with E-state index in [4.69, 9.17) is 0 Å². The molecule has 88 valence electrons. The van der Waals surface area contributed by atoms with E-state index in [0.29, 0.717) is 16.6 Å². The molecule has 1 saturated heterocycles. The molecule has 0 aromatic carbocycles. The molecule has 1 amide bonds. The molecule has 0 saturated carbocycles. The van der Waals surface area contributed by atoms with Crippen molar-refractivity contribution in [3.05, 3.63) is 10.8 Å². The summed E-state index contributed by atoms with van der Waals surface area (Å²) in [6, 6.07) is 0. The maximum absolute atomic E-state index is 13.4. The Morgan fingerprint density at radius 3 is 2.88 bits per heavy atom. The first kappa shape index (κ1) is 11.5. The molecule has 2 heterocycles. The van der Waals surface area contributed by atoms with Crippen molar-refractivity contribution in [2.24, 2.45) is 0 Å². The number of nitrogens with zero attached hydrogens (tertiary/aromatic N) is 2. The number of halogens is 1. The molecular formula is C10H14FN3OS. The van der Waals surface area contributed by atoms with E-state index in [0.717, 1.165) is 13.1 Å². The molecule has 6 heteroatoms. The van der Waals surface area contributed by atoms with Gasteiger partial charge in [-0.3, -0.25) is 9.69 Å². The summed E-state index contributed by atoms with van der Waals surface area (Å²) in [5, 5.41) is 2.85. The number of rotatable bonds is 3. The number of nitrogens with one attached hydrogen (secondary N) is 1. The number of amides is 1. The lowest BCUT2D eigenvalue weighted by molar-refractivity contribution is -0.114. The third kappa shape index (κ3) is 2.76. The summed E-state index contributed by atoms with van der Waals surface area (Å²) < 4.78 is 13.4. The van der Waals surface area contributed by atoms with Gasteiger partial charge in [-0.05, 0) is 25.9 Å². The van der Waals surface area contributed by atoms with Crippen molar-refractivity contribution in [3.8, 4) is 0 Å². The number of carbonyl (C=O) groups is 1. The fourth-order valence-electron chi connectivity index (χ4n) is 1.78. The zero-order valence-corrected chi connectivity index (χ0v) is 9.94. The number of likely N-dealkylation sites (tertiary alicyclic amines) is 1. The second-order valence-electron chi connectivity index (χ2n) is 3.90. The third-order valence-corrected chi connectivity index (χ3v) is 3.43. The Labute approximate surface area is 97.5 Å². The van der Waals surface area contributed by atoms with Gasteiger partial charge in [-0.2, -0.15) is 9.37 Å². The minimum atomic E-state index is -0.458. The fourth-order valence-corrected chi connectivity index (χ4v) is 2.71. The van der Waals surface area contributed by atoms with E-state index in [1.807, 2.05) is 0 Å². The van der Waals surface area contributed by atoms with Gasteiger partial charge in [0.15, 0.2) is 5.13 Å². The van der Waals surface area contributed by atoms with E-state index in [9.17, 15) is 9.18 Å². The Morgan fingerprint density at radius 1 is 1.56 bits per heavy atom. The molecule has 0 atom stereocenters. The average Bonchev–Trinajstić information content (AvgIpc) is 2.77. The quantitative estimate of drug-likeness (QED) is 0.881. The van der Waals surface area contributed by atoms with Crippen LogP contribution in [0, 0.1) is 5.95 Å². The number of aromatic nitrogens is 1. The Hall–Kier alpha value is -1.01. The van der Waals surface area contributed by atoms with Crippen LogP contribution in [0.2, 0.25) is 0 Å². The summed E-state index contributed by atoms with van der Waals surface area (Å²) in [6.07, 6.45) is 2.36. The van der Waals surface area contributed by atoms with Gasteiger partial charge < -0.3 is 5.32 Å². The highest BCUT2D eigenvalue weighted by Gasteiger charge is 2.17. The van der Waals surface area contributed by atoms with E-state index in [1.165, 1.54) is 31.1 Å². The van der Waals surface area contributed by atoms with E-state index in [1.54, 1.807) is 0 Å². The van der Waals surface area contributed by atoms with Gasteiger partial charge in [0.2, 0.25) is 11.9 Å². The highest BCUT2D eigenvalue weighted by Crippen LogP contribution is 2.24. The van der Waals surface area contributed by atoms with Crippen LogP contribution in [0.1, 0.15) is 24.6 Å². The minimum absolute atomic E-state index is 0.221. The van der Waals surface area contributed by atoms with Gasteiger partial charge in [0.05, 0.1) is 4.88 Å². The van der Waals surface area contributed by atoms with E-state index < -0.39 is 5.95 Å². The van der Waals surface area contributed by atoms with Crippen LogP contribution in [0.3, 0.4) is 0 Å². The lowest BCUT2D eigenvalue weighted by atomic mass is 10.4. The number of anilines is 1. The molecule has 1 aliphatic rings. The molecule has 0 spiro atoms. The monoisotopic (exact) mass is 243 g/mol. The fraction of sp³-hybridized carbons (Fsp3) is 0.600. The summed E-state index contributed by atoms with van der Waals surface area (Å²) in [7, 11) is 0. The van der Waals surface area contributed by atoms with Crippen LogP contribution in [0.5, 0.6) is 0 Å². The molecule has 2 rings (SSSR count). The van der Waals surface area contributed by atoms with Crippen molar-refractivity contribution in [2.75, 3.05) is 18.4 Å². The first-order chi connectivity index (χ1) is 7.65. The van der Waals surface area contributed by atoms with E-state index in [-0.39, 0.29) is 5.91 Å². The SMILES string of the molecule is CC(=O)Nc1nc(F)c(CN2CCCC2)s1. The standard InChI is InChI=1S/C10H14FN3OS/c1-7(15)12-10-13-9(11)8(16-10)6-14-4-2-3-5-14/h2-6H2,1H3,(H,12,13,15).